The molecule has 0 saturated carbocycles. The van der Waals surface area contributed by atoms with Gasteiger partial charge in [-0.3, -0.25) is 20.4 Å². The molecule has 0 aliphatic heterocycles. The van der Waals surface area contributed by atoms with Gasteiger partial charge in [-0.2, -0.15) is 0 Å². The van der Waals surface area contributed by atoms with E-state index in [1.165, 1.54) is 30.3 Å². The van der Waals surface area contributed by atoms with Crippen LogP contribution in [-0.4, -0.2) is 22.7 Å². The molecule has 0 fully saturated rings. The Morgan fingerprint density at radius 3 is 2.59 bits per heavy atom. The van der Waals surface area contributed by atoms with Crippen molar-refractivity contribution in [1.29, 1.82) is 0 Å². The summed E-state index contributed by atoms with van der Waals surface area (Å²) < 4.78 is 13.4. The second-order valence-corrected chi connectivity index (χ2v) is 5.29. The Bertz CT molecular complexity index is 694. The van der Waals surface area contributed by atoms with E-state index in [0.29, 0.717) is 4.90 Å². The number of halogens is 1. The van der Waals surface area contributed by atoms with E-state index >= 15 is 0 Å². The predicted octanol–water partition coefficient (Wildman–Crippen LogP) is 2.08. The molecule has 5 nitrogen and oxygen atoms in total. The summed E-state index contributed by atoms with van der Waals surface area (Å²) in [5, 5.41) is 9.27. The van der Waals surface area contributed by atoms with Gasteiger partial charge in [0, 0.05) is 10.5 Å². The first kappa shape index (κ1) is 15.8. The summed E-state index contributed by atoms with van der Waals surface area (Å²) in [5.41, 5.74) is 4.66. The van der Waals surface area contributed by atoms with Gasteiger partial charge in [-0.1, -0.05) is 18.2 Å². The second-order valence-electron chi connectivity index (χ2n) is 4.27. The summed E-state index contributed by atoms with van der Waals surface area (Å²) in [7, 11) is 0. The fourth-order valence-electron chi connectivity index (χ4n) is 1.59. The summed E-state index contributed by atoms with van der Waals surface area (Å²) >= 11 is 1.03. The molecule has 0 radical (unpaired) electrons. The van der Waals surface area contributed by atoms with Crippen molar-refractivity contribution in [3.8, 4) is 5.75 Å². The smallest absolute Gasteiger partial charge is 0.269 e. The van der Waals surface area contributed by atoms with Gasteiger partial charge in [0.25, 0.3) is 5.91 Å². The lowest BCUT2D eigenvalue weighted by molar-refractivity contribution is -0.119. The molecule has 114 valence electrons. The quantitative estimate of drug-likeness (QED) is 0.595. The van der Waals surface area contributed by atoms with Crippen molar-refractivity contribution < 1.29 is 19.1 Å². The number of rotatable bonds is 4. The van der Waals surface area contributed by atoms with Crippen molar-refractivity contribution in [3.63, 3.8) is 0 Å². The molecule has 0 saturated heterocycles. The van der Waals surface area contributed by atoms with Crippen LogP contribution in [0.5, 0.6) is 5.75 Å². The highest BCUT2D eigenvalue weighted by Gasteiger charge is 2.09. The van der Waals surface area contributed by atoms with Crippen LogP contribution in [-0.2, 0) is 4.79 Å². The zero-order valence-corrected chi connectivity index (χ0v) is 12.2. The Hall–Kier alpha value is -2.54. The molecule has 2 aromatic rings. The minimum Gasteiger partial charge on any atom is -0.508 e. The van der Waals surface area contributed by atoms with Crippen molar-refractivity contribution >= 4 is 23.6 Å². The number of hydrogen-bond acceptors (Lipinski definition) is 4. The van der Waals surface area contributed by atoms with Gasteiger partial charge in [0.2, 0.25) is 5.91 Å². The van der Waals surface area contributed by atoms with E-state index in [9.17, 15) is 19.1 Å². The Morgan fingerprint density at radius 1 is 1.09 bits per heavy atom. The van der Waals surface area contributed by atoms with Gasteiger partial charge in [-0.25, -0.2) is 4.39 Å². The maximum absolute atomic E-state index is 13.4. The summed E-state index contributed by atoms with van der Waals surface area (Å²) in [6.45, 7) is 0. The minimum atomic E-state index is -0.555. The molecule has 0 aromatic heterocycles. The van der Waals surface area contributed by atoms with Crippen molar-refractivity contribution in [2.45, 2.75) is 4.90 Å². The lowest BCUT2D eigenvalue weighted by Crippen LogP contribution is -2.42. The number of nitrogens with one attached hydrogen (secondary N) is 2. The van der Waals surface area contributed by atoms with Gasteiger partial charge in [0.15, 0.2) is 0 Å². The van der Waals surface area contributed by atoms with E-state index in [2.05, 4.69) is 10.9 Å². The molecule has 0 bridgehead atoms. The maximum atomic E-state index is 13.4. The van der Waals surface area contributed by atoms with Crippen LogP contribution in [0.2, 0.25) is 0 Å². The van der Waals surface area contributed by atoms with Gasteiger partial charge in [0.05, 0.1) is 5.75 Å². The molecule has 22 heavy (non-hydrogen) atoms. The van der Waals surface area contributed by atoms with Crippen LogP contribution in [0.4, 0.5) is 4.39 Å². The fourth-order valence-corrected chi connectivity index (χ4v) is 2.33. The van der Waals surface area contributed by atoms with Crippen LogP contribution < -0.4 is 10.9 Å². The van der Waals surface area contributed by atoms with Crippen LogP contribution in [0.3, 0.4) is 0 Å². The molecule has 0 spiro atoms. The van der Waals surface area contributed by atoms with Gasteiger partial charge >= 0.3 is 0 Å². The monoisotopic (exact) mass is 320 g/mol. The molecule has 0 atom stereocenters. The number of hydrazine groups is 1. The number of carbonyl (C=O) groups is 2. The third kappa shape index (κ3) is 4.49. The highest BCUT2D eigenvalue weighted by Crippen LogP contribution is 2.20. The SMILES string of the molecule is O=C(CSc1ccccc1F)NNC(=O)c1cccc(O)c1. The van der Waals surface area contributed by atoms with Crippen molar-refractivity contribution in [2.75, 3.05) is 5.75 Å². The maximum Gasteiger partial charge on any atom is 0.269 e. The predicted molar refractivity (Wildman–Crippen MR) is 80.8 cm³/mol. The average Bonchev–Trinajstić information content (AvgIpc) is 2.52. The van der Waals surface area contributed by atoms with Gasteiger partial charge in [-0.15, -0.1) is 11.8 Å². The van der Waals surface area contributed by atoms with E-state index in [-0.39, 0.29) is 17.1 Å². The van der Waals surface area contributed by atoms with Crippen LogP contribution in [0.15, 0.2) is 53.4 Å². The Kier molecular flexibility index (Phi) is 5.37. The van der Waals surface area contributed by atoms with Crippen LogP contribution >= 0.6 is 11.8 Å². The molecule has 2 aromatic carbocycles. The molecule has 3 N–H and O–H groups in total. The number of hydrogen-bond donors (Lipinski definition) is 3. The first-order valence-corrected chi connectivity index (χ1v) is 7.30. The third-order valence-electron chi connectivity index (χ3n) is 2.62. The summed E-state index contributed by atoms with van der Waals surface area (Å²) in [4.78, 5) is 23.7. The zero-order chi connectivity index (χ0) is 15.9. The van der Waals surface area contributed by atoms with Gasteiger partial charge in [-0.05, 0) is 30.3 Å². The van der Waals surface area contributed by atoms with E-state index in [0.717, 1.165) is 11.8 Å². The molecule has 0 heterocycles. The summed E-state index contributed by atoms with van der Waals surface area (Å²) in [5.74, 6) is -1.51. The topological polar surface area (TPSA) is 78.4 Å². The highest BCUT2D eigenvalue weighted by atomic mass is 32.2. The highest BCUT2D eigenvalue weighted by molar-refractivity contribution is 8.00. The summed E-state index contributed by atoms with van der Waals surface area (Å²) in [6, 6.07) is 11.8. The summed E-state index contributed by atoms with van der Waals surface area (Å²) in [6.07, 6.45) is 0. The normalized spacial score (nSPS) is 10.0. The molecular weight excluding hydrogens is 307 g/mol. The molecular formula is C15H13FN2O3S. The standard InChI is InChI=1S/C15H13FN2O3S/c16-12-6-1-2-7-13(12)22-9-14(20)17-18-15(21)10-4-3-5-11(19)8-10/h1-8,19H,9H2,(H,17,20)(H,18,21). The average molecular weight is 320 g/mol. The molecule has 0 unspecified atom stereocenters. The van der Waals surface area contributed by atoms with Gasteiger partial charge < -0.3 is 5.11 Å². The van der Waals surface area contributed by atoms with E-state index in [4.69, 9.17) is 0 Å². The van der Waals surface area contributed by atoms with Gasteiger partial charge in [0.1, 0.15) is 11.6 Å². The third-order valence-corrected chi connectivity index (χ3v) is 3.67. The number of phenolic OH excluding ortho intramolecular Hbond substituents is 1. The minimum absolute atomic E-state index is 0.0404. The van der Waals surface area contributed by atoms with Crippen molar-refractivity contribution in [2.24, 2.45) is 0 Å². The lowest BCUT2D eigenvalue weighted by atomic mass is 10.2. The fraction of sp³-hybridized carbons (Fsp3) is 0.0667. The number of carbonyl (C=O) groups excluding carboxylic acids is 2. The Labute approximate surface area is 130 Å². The van der Waals surface area contributed by atoms with Crippen LogP contribution in [0.25, 0.3) is 0 Å². The van der Waals surface area contributed by atoms with E-state index < -0.39 is 17.6 Å². The van der Waals surface area contributed by atoms with Crippen molar-refractivity contribution in [1.82, 2.24) is 10.9 Å². The second kappa shape index (κ2) is 7.46. The first-order chi connectivity index (χ1) is 10.6. The molecule has 0 aliphatic rings. The Morgan fingerprint density at radius 2 is 1.86 bits per heavy atom. The van der Waals surface area contributed by atoms with Crippen LogP contribution in [0.1, 0.15) is 10.4 Å². The van der Waals surface area contributed by atoms with Crippen LogP contribution in [0, 0.1) is 5.82 Å². The first-order valence-electron chi connectivity index (χ1n) is 6.32. The molecule has 7 heteroatoms. The van der Waals surface area contributed by atoms with E-state index in [1.807, 2.05) is 0 Å². The molecule has 0 aliphatic carbocycles. The largest absolute Gasteiger partial charge is 0.508 e. The number of thioether (sulfide) groups is 1. The van der Waals surface area contributed by atoms with E-state index in [1.54, 1.807) is 18.2 Å². The zero-order valence-electron chi connectivity index (χ0n) is 11.4. The number of aromatic hydroxyl groups is 1. The number of phenols is 1. The Balaban J connectivity index is 1.81. The molecule has 2 amide bonds. The van der Waals surface area contributed by atoms with Crippen molar-refractivity contribution in [3.05, 3.63) is 59.9 Å². The molecule has 2 rings (SSSR count). The lowest BCUT2D eigenvalue weighted by Gasteiger charge is -2.07. The number of amides is 2. The number of benzene rings is 2.